The number of rotatable bonds is 7. The van der Waals surface area contributed by atoms with Gasteiger partial charge in [0.15, 0.2) is 5.78 Å². The van der Waals surface area contributed by atoms with Gasteiger partial charge in [0.25, 0.3) is 5.91 Å². The average molecular weight is 415 g/mol. The maximum absolute atomic E-state index is 12.9. The Hall–Kier alpha value is -3.60. The molecular formula is C26H26N2O3. The summed E-state index contributed by atoms with van der Waals surface area (Å²) in [6.45, 7) is 3.95. The first-order valence-electron chi connectivity index (χ1n) is 10.6. The minimum atomic E-state index is -0.276. The third-order valence-corrected chi connectivity index (χ3v) is 5.45. The van der Waals surface area contributed by atoms with Crippen molar-refractivity contribution in [2.45, 2.75) is 26.4 Å². The van der Waals surface area contributed by atoms with E-state index in [1.807, 2.05) is 54.6 Å². The van der Waals surface area contributed by atoms with E-state index in [4.69, 9.17) is 4.74 Å². The molecule has 1 aliphatic rings. The molecule has 0 aromatic heterocycles. The zero-order chi connectivity index (χ0) is 21.6. The third kappa shape index (κ3) is 5.12. The molecule has 1 N–H and O–H groups in total. The van der Waals surface area contributed by atoms with Crippen LogP contribution in [-0.2, 0) is 6.61 Å². The second-order valence-corrected chi connectivity index (χ2v) is 7.74. The van der Waals surface area contributed by atoms with E-state index in [-0.39, 0.29) is 11.7 Å². The Bertz CT molecular complexity index is 1070. The number of anilines is 2. The molecule has 5 nitrogen and oxygen atoms in total. The molecule has 1 amide bonds. The molecule has 158 valence electrons. The van der Waals surface area contributed by atoms with Crippen molar-refractivity contribution in [3.8, 4) is 5.75 Å². The lowest BCUT2D eigenvalue weighted by Crippen LogP contribution is -2.19. The van der Waals surface area contributed by atoms with Crippen LogP contribution in [0.3, 0.4) is 0 Å². The van der Waals surface area contributed by atoms with Gasteiger partial charge in [-0.2, -0.15) is 0 Å². The zero-order valence-corrected chi connectivity index (χ0v) is 17.6. The summed E-state index contributed by atoms with van der Waals surface area (Å²) in [5.74, 6) is 0.269. The van der Waals surface area contributed by atoms with Crippen LogP contribution in [0, 0.1) is 0 Å². The van der Waals surface area contributed by atoms with Crippen LogP contribution in [0.5, 0.6) is 5.75 Å². The van der Waals surface area contributed by atoms with Crippen LogP contribution >= 0.6 is 0 Å². The fourth-order valence-electron chi connectivity index (χ4n) is 3.77. The normalized spacial score (nSPS) is 13.1. The molecule has 3 aromatic carbocycles. The number of hydrogen-bond donors (Lipinski definition) is 1. The third-order valence-electron chi connectivity index (χ3n) is 5.45. The Labute approximate surface area is 182 Å². The van der Waals surface area contributed by atoms with Crippen molar-refractivity contribution in [3.63, 3.8) is 0 Å². The lowest BCUT2D eigenvalue weighted by atomic mass is 10.1. The van der Waals surface area contributed by atoms with Gasteiger partial charge in [0, 0.05) is 29.9 Å². The van der Waals surface area contributed by atoms with Crippen molar-refractivity contribution < 1.29 is 14.3 Å². The summed E-state index contributed by atoms with van der Waals surface area (Å²) in [5.41, 5.74) is 3.60. The minimum absolute atomic E-state index is 0.0729. The van der Waals surface area contributed by atoms with Crippen molar-refractivity contribution in [3.05, 3.63) is 89.5 Å². The molecule has 1 saturated heterocycles. The molecule has 4 rings (SSSR count). The van der Waals surface area contributed by atoms with Crippen molar-refractivity contribution in [1.82, 2.24) is 0 Å². The number of amides is 1. The van der Waals surface area contributed by atoms with Crippen LogP contribution in [0.15, 0.2) is 72.8 Å². The maximum atomic E-state index is 12.9. The molecule has 1 heterocycles. The van der Waals surface area contributed by atoms with Crippen LogP contribution in [0.2, 0.25) is 0 Å². The smallest absolute Gasteiger partial charge is 0.255 e. The Morgan fingerprint density at radius 2 is 1.71 bits per heavy atom. The van der Waals surface area contributed by atoms with Crippen molar-refractivity contribution in [2.24, 2.45) is 0 Å². The van der Waals surface area contributed by atoms with Crippen LogP contribution in [0.1, 0.15) is 46.0 Å². The van der Waals surface area contributed by atoms with E-state index in [1.54, 1.807) is 18.2 Å². The quantitative estimate of drug-likeness (QED) is 0.532. The van der Waals surface area contributed by atoms with Gasteiger partial charge in [-0.15, -0.1) is 0 Å². The fourth-order valence-corrected chi connectivity index (χ4v) is 3.77. The highest BCUT2D eigenvalue weighted by Crippen LogP contribution is 2.27. The number of ketones is 1. The molecule has 0 saturated carbocycles. The summed E-state index contributed by atoms with van der Waals surface area (Å²) in [6, 6.07) is 22.6. The SMILES string of the molecule is CC(=O)c1cc(N2CCCC2)ccc1NC(=O)c1cccc(OCc2ccccc2)c1. The van der Waals surface area contributed by atoms with Crippen LogP contribution in [-0.4, -0.2) is 24.8 Å². The number of benzene rings is 3. The van der Waals surface area contributed by atoms with Crippen molar-refractivity contribution in [2.75, 3.05) is 23.3 Å². The van der Waals surface area contributed by atoms with Gasteiger partial charge in [0.1, 0.15) is 12.4 Å². The van der Waals surface area contributed by atoms with Gasteiger partial charge in [0.05, 0.1) is 5.69 Å². The molecule has 1 fully saturated rings. The highest BCUT2D eigenvalue weighted by Gasteiger charge is 2.17. The number of nitrogens with zero attached hydrogens (tertiary/aromatic N) is 1. The standard InChI is InChI=1S/C26H26N2O3/c1-19(29)24-17-22(28-14-5-6-15-28)12-13-25(24)27-26(30)21-10-7-11-23(16-21)31-18-20-8-3-2-4-9-20/h2-4,7-13,16-17H,5-6,14-15,18H2,1H3,(H,27,30). The van der Waals surface area contributed by atoms with Crippen LogP contribution in [0.4, 0.5) is 11.4 Å². The largest absolute Gasteiger partial charge is 0.489 e. The Morgan fingerprint density at radius 1 is 0.935 bits per heavy atom. The highest BCUT2D eigenvalue weighted by atomic mass is 16.5. The van der Waals surface area contributed by atoms with Crippen LogP contribution < -0.4 is 15.0 Å². The Kier molecular flexibility index (Phi) is 6.32. The predicted octanol–water partition coefficient (Wildman–Crippen LogP) is 5.32. The number of carbonyl (C=O) groups is 2. The minimum Gasteiger partial charge on any atom is -0.489 e. The van der Waals surface area contributed by atoms with E-state index >= 15 is 0 Å². The van der Waals surface area contributed by atoms with E-state index in [1.165, 1.54) is 6.92 Å². The van der Waals surface area contributed by atoms with Gasteiger partial charge >= 0.3 is 0 Å². The number of nitrogens with one attached hydrogen (secondary N) is 1. The highest BCUT2D eigenvalue weighted by molar-refractivity contribution is 6.09. The molecule has 31 heavy (non-hydrogen) atoms. The lowest BCUT2D eigenvalue weighted by Gasteiger charge is -2.19. The van der Waals surface area contributed by atoms with E-state index < -0.39 is 0 Å². The van der Waals surface area contributed by atoms with E-state index in [0.29, 0.717) is 29.2 Å². The maximum Gasteiger partial charge on any atom is 0.255 e. The zero-order valence-electron chi connectivity index (χ0n) is 17.6. The predicted molar refractivity (Wildman–Crippen MR) is 123 cm³/mol. The molecule has 3 aromatic rings. The molecule has 0 aliphatic carbocycles. The number of hydrogen-bond acceptors (Lipinski definition) is 4. The van der Waals surface area contributed by atoms with Gasteiger partial charge in [-0.05, 0) is 61.7 Å². The second kappa shape index (κ2) is 9.47. The summed E-state index contributed by atoms with van der Waals surface area (Å²) in [7, 11) is 0. The molecule has 0 radical (unpaired) electrons. The van der Waals surface area contributed by atoms with E-state index in [9.17, 15) is 9.59 Å². The van der Waals surface area contributed by atoms with Crippen molar-refractivity contribution in [1.29, 1.82) is 0 Å². The topological polar surface area (TPSA) is 58.6 Å². The molecule has 0 unspecified atom stereocenters. The second-order valence-electron chi connectivity index (χ2n) is 7.74. The first-order valence-corrected chi connectivity index (χ1v) is 10.6. The first kappa shape index (κ1) is 20.7. The Balaban J connectivity index is 1.48. The summed E-state index contributed by atoms with van der Waals surface area (Å²) in [6.07, 6.45) is 2.33. The van der Waals surface area contributed by atoms with Gasteiger partial charge in [-0.3, -0.25) is 9.59 Å². The first-order chi connectivity index (χ1) is 15.1. The van der Waals surface area contributed by atoms with Gasteiger partial charge < -0.3 is 15.0 Å². The van der Waals surface area contributed by atoms with Gasteiger partial charge in [-0.25, -0.2) is 0 Å². The molecule has 1 aliphatic heterocycles. The Morgan fingerprint density at radius 3 is 2.45 bits per heavy atom. The summed E-state index contributed by atoms with van der Waals surface area (Å²) in [5, 5.41) is 2.89. The van der Waals surface area contributed by atoms with Crippen LogP contribution in [0.25, 0.3) is 0 Å². The number of Topliss-reactive ketones (excluding diaryl/α,β-unsaturated/α-hetero) is 1. The monoisotopic (exact) mass is 414 g/mol. The lowest BCUT2D eigenvalue weighted by molar-refractivity contribution is 0.101. The van der Waals surface area contributed by atoms with Gasteiger partial charge in [0.2, 0.25) is 0 Å². The molecule has 0 bridgehead atoms. The number of ether oxygens (including phenoxy) is 1. The summed E-state index contributed by atoms with van der Waals surface area (Å²) < 4.78 is 5.83. The fraction of sp³-hybridized carbons (Fsp3) is 0.231. The molecule has 5 heteroatoms. The van der Waals surface area contributed by atoms with E-state index in [0.717, 1.165) is 37.2 Å². The van der Waals surface area contributed by atoms with E-state index in [2.05, 4.69) is 10.2 Å². The summed E-state index contributed by atoms with van der Waals surface area (Å²) >= 11 is 0. The average Bonchev–Trinajstić information content (AvgIpc) is 3.34. The molecular weight excluding hydrogens is 388 g/mol. The van der Waals surface area contributed by atoms with Gasteiger partial charge in [-0.1, -0.05) is 36.4 Å². The molecule has 0 atom stereocenters. The molecule has 0 spiro atoms. The summed E-state index contributed by atoms with van der Waals surface area (Å²) in [4.78, 5) is 27.4. The van der Waals surface area contributed by atoms with Crippen molar-refractivity contribution >= 4 is 23.1 Å². The number of carbonyl (C=O) groups excluding carboxylic acids is 2.